The Morgan fingerprint density at radius 1 is 0.774 bits per heavy atom. The van der Waals surface area contributed by atoms with Crippen molar-refractivity contribution in [3.05, 3.63) is 78.4 Å². The quantitative estimate of drug-likeness (QED) is 0.504. The first-order valence-corrected chi connectivity index (χ1v) is 10.00. The molecule has 1 aliphatic heterocycles. The van der Waals surface area contributed by atoms with E-state index < -0.39 is 0 Å². The second-order valence-electron chi connectivity index (χ2n) is 6.63. The SMILES string of the molecule is O=C(NCCOc1ccc2c(c1)OCO2)c1ccccc1OCCOc1ccccc1. The Morgan fingerprint density at radius 3 is 2.42 bits per heavy atom. The van der Waals surface area contributed by atoms with Crippen molar-refractivity contribution >= 4 is 5.91 Å². The molecule has 0 spiro atoms. The number of ether oxygens (including phenoxy) is 5. The van der Waals surface area contributed by atoms with Crippen molar-refractivity contribution in [3.8, 4) is 28.7 Å². The van der Waals surface area contributed by atoms with Crippen LogP contribution in [0.4, 0.5) is 0 Å². The van der Waals surface area contributed by atoms with Crippen LogP contribution in [-0.2, 0) is 0 Å². The third-order valence-corrected chi connectivity index (χ3v) is 4.48. The van der Waals surface area contributed by atoms with Crippen molar-refractivity contribution in [2.45, 2.75) is 0 Å². The number of rotatable bonds is 10. The van der Waals surface area contributed by atoms with Crippen molar-refractivity contribution in [2.75, 3.05) is 33.2 Å². The summed E-state index contributed by atoms with van der Waals surface area (Å²) in [6, 6.07) is 22.0. The van der Waals surface area contributed by atoms with Gasteiger partial charge in [0.05, 0.1) is 12.1 Å². The van der Waals surface area contributed by atoms with Crippen LogP contribution in [0, 0.1) is 0 Å². The number of para-hydroxylation sites is 2. The number of benzene rings is 3. The van der Waals surface area contributed by atoms with Gasteiger partial charge >= 0.3 is 0 Å². The van der Waals surface area contributed by atoms with Gasteiger partial charge in [-0.1, -0.05) is 30.3 Å². The standard InChI is InChI=1S/C24H23NO6/c26-24(25-12-13-27-19-10-11-22-23(16-19)31-17-30-22)20-8-4-5-9-21(20)29-15-14-28-18-6-2-1-3-7-18/h1-11,16H,12-15,17H2,(H,25,26). The zero-order valence-electron chi connectivity index (χ0n) is 16.9. The second-order valence-corrected chi connectivity index (χ2v) is 6.63. The van der Waals surface area contributed by atoms with Gasteiger partial charge in [0.2, 0.25) is 6.79 Å². The minimum Gasteiger partial charge on any atom is -0.492 e. The molecule has 0 fully saturated rings. The predicted molar refractivity (Wildman–Crippen MR) is 114 cm³/mol. The third-order valence-electron chi connectivity index (χ3n) is 4.48. The fourth-order valence-corrected chi connectivity index (χ4v) is 3.00. The number of hydrogen-bond acceptors (Lipinski definition) is 6. The molecule has 1 aliphatic rings. The summed E-state index contributed by atoms with van der Waals surface area (Å²) in [6.45, 7) is 1.59. The minimum absolute atomic E-state index is 0.217. The van der Waals surface area contributed by atoms with E-state index >= 15 is 0 Å². The number of hydrogen-bond donors (Lipinski definition) is 1. The Kier molecular flexibility index (Phi) is 6.74. The second kappa shape index (κ2) is 10.2. The average Bonchev–Trinajstić information content (AvgIpc) is 3.28. The molecule has 1 amide bonds. The van der Waals surface area contributed by atoms with Crippen molar-refractivity contribution in [1.82, 2.24) is 5.32 Å². The molecule has 0 saturated heterocycles. The summed E-state index contributed by atoms with van der Waals surface area (Å²) in [4.78, 5) is 12.6. The predicted octanol–water partition coefficient (Wildman–Crippen LogP) is 3.68. The van der Waals surface area contributed by atoms with Crippen LogP contribution in [0.25, 0.3) is 0 Å². The first kappa shape index (κ1) is 20.4. The summed E-state index contributed by atoms with van der Waals surface area (Å²) in [5.41, 5.74) is 0.463. The lowest BCUT2D eigenvalue weighted by molar-refractivity contribution is 0.0941. The first-order valence-electron chi connectivity index (χ1n) is 10.00. The minimum atomic E-state index is -0.228. The molecule has 0 aliphatic carbocycles. The zero-order chi connectivity index (χ0) is 21.3. The molecule has 0 radical (unpaired) electrons. The van der Waals surface area contributed by atoms with Crippen LogP contribution in [0.15, 0.2) is 72.8 Å². The van der Waals surface area contributed by atoms with E-state index in [2.05, 4.69) is 5.32 Å². The van der Waals surface area contributed by atoms with Crippen molar-refractivity contribution in [3.63, 3.8) is 0 Å². The molecule has 1 heterocycles. The summed E-state index contributed by atoms with van der Waals surface area (Å²) >= 11 is 0. The van der Waals surface area contributed by atoms with Gasteiger partial charge in [0.1, 0.15) is 37.1 Å². The average molecular weight is 421 g/mol. The fourth-order valence-electron chi connectivity index (χ4n) is 3.00. The van der Waals surface area contributed by atoms with Gasteiger partial charge in [-0.15, -0.1) is 0 Å². The molecule has 3 aromatic rings. The Balaban J connectivity index is 1.22. The van der Waals surface area contributed by atoms with E-state index in [1.807, 2.05) is 36.4 Å². The Hall–Kier alpha value is -3.87. The smallest absolute Gasteiger partial charge is 0.255 e. The van der Waals surface area contributed by atoms with E-state index in [9.17, 15) is 4.79 Å². The Bertz CT molecular complexity index is 1010. The molecule has 0 unspecified atom stereocenters. The Morgan fingerprint density at radius 2 is 1.52 bits per heavy atom. The summed E-state index contributed by atoms with van der Waals surface area (Å²) in [6.07, 6.45) is 0. The molecule has 3 aromatic carbocycles. The molecule has 7 heteroatoms. The largest absolute Gasteiger partial charge is 0.492 e. The number of amides is 1. The van der Waals surface area contributed by atoms with Gasteiger partial charge in [-0.25, -0.2) is 0 Å². The van der Waals surface area contributed by atoms with Gasteiger partial charge in [-0.05, 0) is 36.4 Å². The number of carbonyl (C=O) groups excluding carboxylic acids is 1. The van der Waals surface area contributed by atoms with E-state index in [4.69, 9.17) is 23.7 Å². The molecule has 0 bridgehead atoms. The van der Waals surface area contributed by atoms with E-state index in [1.165, 1.54) is 0 Å². The van der Waals surface area contributed by atoms with Crippen LogP contribution < -0.4 is 29.0 Å². The molecule has 160 valence electrons. The number of nitrogens with one attached hydrogen (secondary N) is 1. The lowest BCUT2D eigenvalue weighted by Gasteiger charge is -2.13. The number of carbonyl (C=O) groups is 1. The summed E-state index contributed by atoms with van der Waals surface area (Å²) in [7, 11) is 0. The molecular formula is C24H23NO6. The topological polar surface area (TPSA) is 75.3 Å². The molecule has 0 saturated carbocycles. The molecule has 0 atom stereocenters. The van der Waals surface area contributed by atoms with Crippen molar-refractivity contribution < 1.29 is 28.5 Å². The maximum absolute atomic E-state index is 12.6. The van der Waals surface area contributed by atoms with Crippen LogP contribution in [0.2, 0.25) is 0 Å². The van der Waals surface area contributed by atoms with E-state index in [0.717, 1.165) is 5.75 Å². The maximum atomic E-state index is 12.6. The molecule has 1 N–H and O–H groups in total. The monoisotopic (exact) mass is 421 g/mol. The molecular weight excluding hydrogens is 398 g/mol. The highest BCUT2D eigenvalue weighted by atomic mass is 16.7. The number of fused-ring (bicyclic) bond motifs is 1. The van der Waals surface area contributed by atoms with Crippen molar-refractivity contribution in [1.29, 1.82) is 0 Å². The zero-order valence-corrected chi connectivity index (χ0v) is 16.9. The molecule has 4 rings (SSSR count). The van der Waals surface area contributed by atoms with Crippen LogP contribution >= 0.6 is 0 Å². The highest BCUT2D eigenvalue weighted by molar-refractivity contribution is 5.96. The summed E-state index contributed by atoms with van der Waals surface area (Å²) < 4.78 is 27.6. The van der Waals surface area contributed by atoms with E-state index in [1.54, 1.807) is 36.4 Å². The summed E-state index contributed by atoms with van der Waals surface area (Å²) in [5.74, 6) is 3.07. The van der Waals surface area contributed by atoms with Crippen LogP contribution in [0.1, 0.15) is 10.4 Å². The lowest BCUT2D eigenvalue weighted by atomic mass is 10.2. The van der Waals surface area contributed by atoms with Crippen LogP contribution in [0.5, 0.6) is 28.7 Å². The normalized spacial score (nSPS) is 11.6. The van der Waals surface area contributed by atoms with Gasteiger partial charge in [0.15, 0.2) is 11.5 Å². The van der Waals surface area contributed by atoms with Gasteiger partial charge in [-0.3, -0.25) is 4.79 Å². The Labute approximate surface area is 180 Å². The van der Waals surface area contributed by atoms with Gasteiger partial charge in [0.25, 0.3) is 5.91 Å². The van der Waals surface area contributed by atoms with E-state index in [0.29, 0.717) is 54.9 Å². The van der Waals surface area contributed by atoms with Gasteiger partial charge in [0, 0.05) is 6.07 Å². The highest BCUT2D eigenvalue weighted by Crippen LogP contribution is 2.35. The van der Waals surface area contributed by atoms with Crippen LogP contribution in [0.3, 0.4) is 0 Å². The third kappa shape index (κ3) is 5.60. The van der Waals surface area contributed by atoms with E-state index in [-0.39, 0.29) is 12.7 Å². The highest BCUT2D eigenvalue weighted by Gasteiger charge is 2.14. The molecule has 0 aromatic heterocycles. The van der Waals surface area contributed by atoms with Gasteiger partial charge in [-0.2, -0.15) is 0 Å². The van der Waals surface area contributed by atoms with Crippen molar-refractivity contribution in [2.24, 2.45) is 0 Å². The molecule has 7 nitrogen and oxygen atoms in total. The summed E-state index contributed by atoms with van der Waals surface area (Å²) in [5, 5.41) is 2.85. The lowest BCUT2D eigenvalue weighted by Crippen LogP contribution is -2.28. The van der Waals surface area contributed by atoms with Gasteiger partial charge < -0.3 is 29.0 Å². The first-order chi connectivity index (χ1) is 15.3. The molecule has 31 heavy (non-hydrogen) atoms. The maximum Gasteiger partial charge on any atom is 0.255 e. The van der Waals surface area contributed by atoms with Crippen LogP contribution in [-0.4, -0.2) is 39.1 Å². The fraction of sp³-hybridized carbons (Fsp3) is 0.208.